The molecule has 1 N–H and O–H groups in total. The average molecular weight is 207 g/mol. The molecule has 0 radical (unpaired) electrons. The fourth-order valence-electron chi connectivity index (χ4n) is 0.969. The van der Waals surface area contributed by atoms with Crippen molar-refractivity contribution in [1.82, 2.24) is 5.23 Å². The highest BCUT2D eigenvalue weighted by Gasteiger charge is 2.04. The second-order valence-corrected chi connectivity index (χ2v) is 2.61. The van der Waals surface area contributed by atoms with Gasteiger partial charge in [0.05, 0.1) is 14.2 Å². The van der Waals surface area contributed by atoms with Crippen LogP contribution >= 0.6 is 0 Å². The molecule has 80 valence electrons. The van der Waals surface area contributed by atoms with E-state index in [4.69, 9.17) is 15.1 Å². The molecule has 0 aromatic heterocycles. The van der Waals surface area contributed by atoms with Gasteiger partial charge in [-0.05, 0) is 5.56 Å². The third kappa shape index (κ3) is 3.49. The molecule has 5 heteroatoms. The topological polar surface area (TPSA) is 57.9 Å². The number of nitrogens with zero attached hydrogens (tertiary/aromatic N) is 2. The fourth-order valence-corrected chi connectivity index (χ4v) is 0.969. The second-order valence-electron chi connectivity index (χ2n) is 2.61. The first-order chi connectivity index (χ1) is 7.27. The number of hydroxylamine groups is 2. The van der Waals surface area contributed by atoms with Crippen molar-refractivity contribution in [3.05, 3.63) is 35.9 Å². The molecule has 0 saturated carbocycles. The molecule has 0 amide bonds. The highest BCUT2D eigenvalue weighted by Crippen LogP contribution is 1.96. The number of aliphatic imine (C=N–C) groups is 1. The number of hydrogen-bond acceptors (Lipinski definition) is 3. The zero-order chi connectivity index (χ0) is 11.1. The molecule has 0 fully saturated rings. The van der Waals surface area contributed by atoms with Gasteiger partial charge in [-0.15, -0.1) is 0 Å². The molecule has 5 nitrogen and oxygen atoms in total. The number of benzene rings is 1. The monoisotopic (exact) mass is 207 g/mol. The molecule has 0 aliphatic rings. The van der Waals surface area contributed by atoms with Crippen LogP contribution in [0.15, 0.2) is 35.3 Å². The van der Waals surface area contributed by atoms with Gasteiger partial charge in [0.15, 0.2) is 0 Å². The molecule has 15 heavy (non-hydrogen) atoms. The fraction of sp³-hybridized carbons (Fsp3) is 0.200. The largest absolute Gasteiger partial charge is 0.270 e. The van der Waals surface area contributed by atoms with Crippen LogP contribution in [0.3, 0.4) is 0 Å². The Morgan fingerprint density at radius 3 is 2.40 bits per heavy atom. The smallest absolute Gasteiger partial charge is 0.263 e. The van der Waals surface area contributed by atoms with E-state index in [2.05, 4.69) is 4.99 Å². The maximum absolute atomic E-state index is 7.47. The van der Waals surface area contributed by atoms with Crippen molar-refractivity contribution in [2.75, 3.05) is 14.2 Å². The van der Waals surface area contributed by atoms with E-state index in [9.17, 15) is 0 Å². The minimum Gasteiger partial charge on any atom is -0.263 e. The van der Waals surface area contributed by atoms with Crippen LogP contribution in [0.1, 0.15) is 5.56 Å². The van der Waals surface area contributed by atoms with Crippen LogP contribution in [0, 0.1) is 5.41 Å². The molecule has 0 aliphatic heterocycles. The molecule has 1 aromatic carbocycles. The molecule has 0 heterocycles. The SMILES string of the molecule is CON(OC)C(=N)N=Cc1ccccc1. The highest BCUT2D eigenvalue weighted by atomic mass is 16.9. The molecule has 0 bridgehead atoms. The number of nitrogens with one attached hydrogen (secondary N) is 1. The van der Waals surface area contributed by atoms with Crippen molar-refractivity contribution in [3.63, 3.8) is 0 Å². The molecular weight excluding hydrogens is 194 g/mol. The molecule has 0 aliphatic carbocycles. The molecular formula is C10H13N3O2. The summed E-state index contributed by atoms with van der Waals surface area (Å²) in [7, 11) is 2.80. The summed E-state index contributed by atoms with van der Waals surface area (Å²) in [4.78, 5) is 13.3. The summed E-state index contributed by atoms with van der Waals surface area (Å²) in [6.07, 6.45) is 1.56. The lowest BCUT2D eigenvalue weighted by Crippen LogP contribution is -2.26. The summed E-state index contributed by atoms with van der Waals surface area (Å²) in [5, 5.41) is 8.38. The van der Waals surface area contributed by atoms with Gasteiger partial charge < -0.3 is 0 Å². The first-order valence-electron chi connectivity index (χ1n) is 4.34. The Morgan fingerprint density at radius 1 is 1.27 bits per heavy atom. The predicted octanol–water partition coefficient (Wildman–Crippen LogP) is 1.47. The van der Waals surface area contributed by atoms with Gasteiger partial charge in [0.2, 0.25) is 0 Å². The standard InChI is InChI=1S/C10H13N3O2/c1-14-13(15-2)10(11)12-8-9-6-4-3-5-7-9/h3-8,11H,1-2H3. The lowest BCUT2D eigenvalue weighted by Gasteiger charge is -2.14. The Labute approximate surface area is 88.4 Å². The summed E-state index contributed by atoms with van der Waals surface area (Å²) >= 11 is 0. The third-order valence-electron chi connectivity index (χ3n) is 1.64. The lowest BCUT2D eigenvalue weighted by atomic mass is 10.2. The van der Waals surface area contributed by atoms with Crippen LogP contribution in [0.25, 0.3) is 0 Å². The van der Waals surface area contributed by atoms with Crippen molar-refractivity contribution in [2.45, 2.75) is 0 Å². The summed E-state index contributed by atoms with van der Waals surface area (Å²) in [5.41, 5.74) is 0.911. The van der Waals surface area contributed by atoms with Crippen molar-refractivity contribution in [2.24, 2.45) is 4.99 Å². The maximum Gasteiger partial charge on any atom is 0.270 e. The Balaban J connectivity index is 2.62. The van der Waals surface area contributed by atoms with Crippen LogP contribution in [0.4, 0.5) is 0 Å². The van der Waals surface area contributed by atoms with Gasteiger partial charge in [0, 0.05) is 6.21 Å². The molecule has 0 atom stereocenters. The number of rotatable bonds is 3. The van der Waals surface area contributed by atoms with Crippen LogP contribution in [0.5, 0.6) is 0 Å². The van der Waals surface area contributed by atoms with Crippen molar-refractivity contribution < 1.29 is 9.68 Å². The van der Waals surface area contributed by atoms with Gasteiger partial charge in [-0.2, -0.15) is 0 Å². The normalized spacial score (nSPS) is 10.5. The van der Waals surface area contributed by atoms with Gasteiger partial charge in [-0.1, -0.05) is 35.6 Å². The van der Waals surface area contributed by atoms with E-state index in [-0.39, 0.29) is 5.96 Å². The van der Waals surface area contributed by atoms with Crippen molar-refractivity contribution in [3.8, 4) is 0 Å². The molecule has 0 unspecified atom stereocenters. The van der Waals surface area contributed by atoms with Gasteiger partial charge in [-0.3, -0.25) is 5.41 Å². The summed E-state index contributed by atoms with van der Waals surface area (Å²) in [6.45, 7) is 0. The minimum absolute atomic E-state index is 0.121. The second kappa shape index (κ2) is 5.90. The van der Waals surface area contributed by atoms with Gasteiger partial charge in [0.25, 0.3) is 5.96 Å². The summed E-state index contributed by atoms with van der Waals surface area (Å²) in [6, 6.07) is 9.49. The minimum atomic E-state index is -0.121. The van der Waals surface area contributed by atoms with Crippen LogP contribution in [-0.4, -0.2) is 31.6 Å². The third-order valence-corrected chi connectivity index (χ3v) is 1.64. The highest BCUT2D eigenvalue weighted by molar-refractivity contribution is 5.91. The lowest BCUT2D eigenvalue weighted by molar-refractivity contribution is -0.288. The Hall–Kier alpha value is -1.72. The van der Waals surface area contributed by atoms with Crippen molar-refractivity contribution >= 4 is 12.2 Å². The van der Waals surface area contributed by atoms with Crippen LogP contribution < -0.4 is 0 Å². The number of hydrogen-bond donors (Lipinski definition) is 1. The first-order valence-corrected chi connectivity index (χ1v) is 4.34. The van der Waals surface area contributed by atoms with E-state index < -0.39 is 0 Å². The molecule has 1 aromatic rings. The van der Waals surface area contributed by atoms with Crippen molar-refractivity contribution in [1.29, 1.82) is 5.41 Å². The van der Waals surface area contributed by atoms with E-state index in [1.807, 2.05) is 30.3 Å². The van der Waals surface area contributed by atoms with Crippen LogP contribution in [-0.2, 0) is 9.68 Å². The van der Waals surface area contributed by atoms with E-state index in [0.717, 1.165) is 10.8 Å². The van der Waals surface area contributed by atoms with E-state index in [0.29, 0.717) is 0 Å². The Kier molecular flexibility index (Phi) is 4.46. The van der Waals surface area contributed by atoms with E-state index in [1.165, 1.54) is 14.2 Å². The Bertz CT molecular complexity index is 334. The van der Waals surface area contributed by atoms with E-state index >= 15 is 0 Å². The zero-order valence-electron chi connectivity index (χ0n) is 8.68. The quantitative estimate of drug-likeness (QED) is 0.464. The maximum atomic E-state index is 7.47. The molecule has 1 rings (SSSR count). The summed E-state index contributed by atoms with van der Waals surface area (Å²) < 4.78 is 0. The predicted molar refractivity (Wildman–Crippen MR) is 57.6 cm³/mol. The number of guanidine groups is 1. The van der Waals surface area contributed by atoms with Crippen LogP contribution in [0.2, 0.25) is 0 Å². The first kappa shape index (κ1) is 11.4. The molecule has 0 spiro atoms. The van der Waals surface area contributed by atoms with Gasteiger partial charge >= 0.3 is 0 Å². The average Bonchev–Trinajstić information content (AvgIpc) is 2.29. The Morgan fingerprint density at radius 2 is 1.87 bits per heavy atom. The molecule has 0 saturated heterocycles. The summed E-state index contributed by atoms with van der Waals surface area (Å²) in [5.74, 6) is -0.121. The van der Waals surface area contributed by atoms with E-state index in [1.54, 1.807) is 6.21 Å². The zero-order valence-corrected chi connectivity index (χ0v) is 8.68. The van der Waals surface area contributed by atoms with Gasteiger partial charge in [-0.25, -0.2) is 14.7 Å². The van der Waals surface area contributed by atoms with Gasteiger partial charge in [0.1, 0.15) is 0 Å².